The summed E-state index contributed by atoms with van der Waals surface area (Å²) in [6.45, 7) is 4.24. The molecule has 116 heavy (non-hydrogen) atoms. The lowest BCUT2D eigenvalue weighted by molar-refractivity contribution is 0.0585. The second-order valence-electron chi connectivity index (χ2n) is 25.7. The van der Waals surface area contributed by atoms with E-state index in [0.717, 1.165) is 68.0 Å². The van der Waals surface area contributed by atoms with Gasteiger partial charge in [0.15, 0.2) is 0 Å². The van der Waals surface area contributed by atoms with Crippen LogP contribution in [0.25, 0.3) is 39.5 Å². The Morgan fingerprint density at radius 1 is 0.509 bits per heavy atom. The number of halogens is 9. The molecule has 31 heteroatoms. The maximum absolute atomic E-state index is 14.9. The largest absolute Gasteiger partial charge is 0.497 e. The lowest BCUT2D eigenvalue weighted by Crippen LogP contribution is -2.23. The maximum Gasteiger partial charge on any atom is 0.341 e. The Morgan fingerprint density at radius 3 is 1.44 bits per heavy atom. The van der Waals surface area contributed by atoms with Crippen LogP contribution >= 0.6 is 63.7 Å². The van der Waals surface area contributed by atoms with Gasteiger partial charge in [-0.3, -0.25) is 14.4 Å². The summed E-state index contributed by atoms with van der Waals surface area (Å²) in [5, 5.41) is 4.76. The Balaban J connectivity index is 0.000000138. The van der Waals surface area contributed by atoms with Crippen LogP contribution in [0.15, 0.2) is 215 Å². The Bertz CT molecular complexity index is 5780. The zero-order chi connectivity index (χ0) is 82.9. The van der Waals surface area contributed by atoms with E-state index < -0.39 is 41.0 Å². The Labute approximate surface area is 696 Å². The lowest BCUT2D eigenvalue weighted by Gasteiger charge is -2.15. The number of carbonyl (C=O) groups excluding carboxylic acids is 5. The van der Waals surface area contributed by atoms with Crippen molar-refractivity contribution < 1.29 is 69.6 Å². The Morgan fingerprint density at radius 2 is 0.948 bits per heavy atom. The second-order valence-corrected chi connectivity index (χ2v) is 29.0. The van der Waals surface area contributed by atoms with Crippen molar-refractivity contribution in [1.82, 2.24) is 54.2 Å². The minimum absolute atomic E-state index is 0.00861. The number of aryl methyl sites for hydroxylation is 1. The first-order valence-corrected chi connectivity index (χ1v) is 38.7. The number of nitrogens with one attached hydrogen (secondary N) is 1. The highest BCUT2D eigenvalue weighted by Gasteiger charge is 2.33. The van der Waals surface area contributed by atoms with Gasteiger partial charge in [0.2, 0.25) is 0 Å². The number of methoxy groups -OCH3 is 5. The summed E-state index contributed by atoms with van der Waals surface area (Å²) in [6, 6.07) is 41.8. The number of allylic oxidation sites excluding steroid dienone is 1. The maximum atomic E-state index is 14.9. The monoisotopic (exact) mass is 1830 g/mol. The van der Waals surface area contributed by atoms with Gasteiger partial charge >= 0.3 is 11.9 Å². The highest BCUT2D eigenvalue weighted by Crippen LogP contribution is 2.34. The Hall–Kier alpha value is -11.9. The third-order valence-corrected chi connectivity index (χ3v) is 20.3. The molecular formula is C85H71Br4F5N12O10. The van der Waals surface area contributed by atoms with Gasteiger partial charge in [-0.25, -0.2) is 61.4 Å². The molecule has 0 saturated carbocycles. The molecular weight excluding hydrogens is 1760 g/mol. The molecule has 5 aromatic heterocycles. The number of carbonyl (C=O) groups is 5. The third kappa shape index (κ3) is 20.4. The van der Waals surface area contributed by atoms with Gasteiger partial charge in [-0.15, -0.1) is 0 Å². The third-order valence-electron chi connectivity index (χ3n) is 18.3. The molecule has 0 unspecified atom stereocenters. The van der Waals surface area contributed by atoms with Crippen LogP contribution in [0.1, 0.15) is 108 Å². The highest BCUT2D eigenvalue weighted by molar-refractivity contribution is 9.11. The number of nitrogens with two attached hydrogens (primary N) is 1. The van der Waals surface area contributed by atoms with Gasteiger partial charge in [0.25, 0.3) is 17.7 Å². The van der Waals surface area contributed by atoms with Crippen LogP contribution in [-0.2, 0) is 60.5 Å². The number of ether oxygens (including phenoxy) is 5. The molecule has 0 atom stereocenters. The number of benzene rings is 8. The van der Waals surface area contributed by atoms with Crippen molar-refractivity contribution in [2.75, 3.05) is 35.5 Å². The minimum Gasteiger partial charge on any atom is -0.497 e. The van der Waals surface area contributed by atoms with Crippen LogP contribution in [-0.4, -0.2) is 114 Å². The molecule has 0 radical (unpaired) electrons. The fourth-order valence-electron chi connectivity index (χ4n) is 12.6. The minimum atomic E-state index is -0.663. The highest BCUT2D eigenvalue weighted by atomic mass is 79.9. The quantitative estimate of drug-likeness (QED) is 0.0617. The molecule has 4 aliphatic rings. The van der Waals surface area contributed by atoms with E-state index in [1.54, 1.807) is 90.2 Å². The van der Waals surface area contributed by atoms with Gasteiger partial charge in [-0.1, -0.05) is 112 Å². The summed E-state index contributed by atoms with van der Waals surface area (Å²) in [7, 11) is 7.31. The summed E-state index contributed by atoms with van der Waals surface area (Å²) < 4.78 is 99.1. The number of hydrogen-bond acceptors (Lipinski definition) is 17. The molecule has 3 N–H and O–H groups in total. The molecule has 8 heterocycles. The molecule has 8 aromatic carbocycles. The first kappa shape index (κ1) is 85.0. The molecule has 22 nitrogen and oxygen atoms in total. The smallest absolute Gasteiger partial charge is 0.341 e. The predicted octanol–water partition coefficient (Wildman–Crippen LogP) is 17.4. The topological polar surface area (TPSA) is 263 Å². The van der Waals surface area contributed by atoms with E-state index in [1.165, 1.54) is 57.2 Å². The van der Waals surface area contributed by atoms with E-state index in [-0.39, 0.29) is 45.5 Å². The molecule has 594 valence electrons. The molecule has 0 bridgehead atoms. The fourth-order valence-corrected chi connectivity index (χ4v) is 14.6. The standard InChI is InChI=1S/C22H17FN4O2.C16H13BrFNO2.C14H9FN4O.C9H7Br2FO2.C9H8BrFO2.C8H11NO.C7H6N2/c1-29-18-4-2-14(3-5-18)11-26-12-16-8-17(9-19(23)20(16)22(26)28)27-7-6-15-10-24-13-25-21(15)27;1-21-13-4-2-10(3-5-13)8-19-9-11-6-12(17)7-14(18)15(11)16(19)20;15-11-4-10(3-9-6-17-14(20)12(9)11)19-2-1-8-5-16-7-18-13(8)19;1-14-9(13)8-5(4-10)2-6(11)3-7(8)12;1-5-3-6(10)4-7(11)8(5)9(12)13-2;1-10-8-4-2-7(6-9)3-5-8;1-2-6-4-8-5-9-7(6)3-1/h2-10,13H,11-12H2,1H3;2-7H,8-9H2,1H3;1-5,7H,6H2,(H,17,20);2-3H,4H2,1H3;3-4H,1-2H3;2-5H,6,9H2,1H3;1-2,4-5H,3H2. The number of esters is 2. The van der Waals surface area contributed by atoms with Crippen LogP contribution < -0.4 is 25.3 Å². The van der Waals surface area contributed by atoms with E-state index in [9.17, 15) is 45.9 Å². The van der Waals surface area contributed by atoms with Crippen molar-refractivity contribution >= 4 is 122 Å². The number of nitrogens with zero attached hydrogens (tertiary/aromatic N) is 10. The average Bonchev–Trinajstić information content (AvgIpc) is 1.61. The summed E-state index contributed by atoms with van der Waals surface area (Å²) in [4.78, 5) is 86.6. The van der Waals surface area contributed by atoms with Gasteiger partial charge < -0.3 is 53.7 Å². The number of alkyl halides is 1. The summed E-state index contributed by atoms with van der Waals surface area (Å²) in [6.07, 6.45) is 18.5. The zero-order valence-corrected chi connectivity index (χ0v) is 69.2. The first-order chi connectivity index (χ1) is 55.9. The molecule has 17 rings (SSSR count). The second kappa shape index (κ2) is 39.4. The number of fused-ring (bicyclic) bond motifs is 6. The normalized spacial score (nSPS) is 12.3. The number of aromatic nitrogens is 8. The van der Waals surface area contributed by atoms with Gasteiger partial charge in [0.1, 0.15) is 76.6 Å². The average molecular weight is 1840 g/mol. The summed E-state index contributed by atoms with van der Waals surface area (Å²) in [5.41, 5.74) is 17.1. The van der Waals surface area contributed by atoms with Gasteiger partial charge in [0, 0.05) is 112 Å². The first-order valence-electron chi connectivity index (χ1n) is 35.2. The number of amides is 3. The van der Waals surface area contributed by atoms with Gasteiger partial charge in [-0.2, -0.15) is 0 Å². The lowest BCUT2D eigenvalue weighted by atomic mass is 10.1. The predicted molar refractivity (Wildman–Crippen MR) is 440 cm³/mol. The van der Waals surface area contributed by atoms with Crippen LogP contribution in [0.5, 0.6) is 17.2 Å². The van der Waals surface area contributed by atoms with Crippen LogP contribution in [0.2, 0.25) is 0 Å². The van der Waals surface area contributed by atoms with Crippen molar-refractivity contribution in [2.45, 2.75) is 57.9 Å². The SMILES string of the molecule is C1=Cc2cncnc2C1.COC(=O)c1c(C)cc(Br)cc1F.COC(=O)c1c(F)cc(Br)cc1CBr.COc1ccc(CN)cc1.COc1ccc(CN2Cc3cc(-n4ccc5cncnc54)cc(F)c3C2=O)cc1.COc1ccc(CN2Cc3cc(Br)cc(F)c3C2=O)cc1.O=C1NCc2cc(-n3ccc4cncnc43)cc(F)c21. The van der Waals surface area contributed by atoms with Crippen molar-refractivity contribution in [2.24, 2.45) is 5.73 Å². The molecule has 1 aliphatic carbocycles. The van der Waals surface area contributed by atoms with Crippen molar-refractivity contribution in [3.05, 3.63) is 328 Å². The summed E-state index contributed by atoms with van der Waals surface area (Å²) in [5.74, 6) is -2.48. The molecule has 13 aromatic rings. The van der Waals surface area contributed by atoms with Crippen LogP contribution in [0.4, 0.5) is 22.0 Å². The summed E-state index contributed by atoms with van der Waals surface area (Å²) >= 11 is 12.7. The van der Waals surface area contributed by atoms with E-state index in [0.29, 0.717) is 103 Å². The van der Waals surface area contributed by atoms with Gasteiger partial charge in [0.05, 0.1) is 80.4 Å². The van der Waals surface area contributed by atoms with E-state index in [2.05, 4.69) is 121 Å². The molecule has 0 fully saturated rings. The van der Waals surface area contributed by atoms with Crippen molar-refractivity contribution in [1.29, 1.82) is 0 Å². The van der Waals surface area contributed by atoms with Crippen molar-refractivity contribution in [3.63, 3.8) is 0 Å². The molecule has 0 saturated heterocycles. The molecule has 0 spiro atoms. The van der Waals surface area contributed by atoms with E-state index in [4.69, 9.17) is 19.9 Å². The van der Waals surface area contributed by atoms with Gasteiger partial charge in [-0.05, 0) is 161 Å². The van der Waals surface area contributed by atoms with E-state index in [1.807, 2.05) is 110 Å². The van der Waals surface area contributed by atoms with E-state index >= 15 is 0 Å². The molecule has 3 aliphatic heterocycles. The molecule has 3 amide bonds. The van der Waals surface area contributed by atoms with Crippen LogP contribution in [0, 0.1) is 36.0 Å². The number of hydrogen-bond donors (Lipinski definition) is 2. The van der Waals surface area contributed by atoms with Crippen LogP contribution in [0.3, 0.4) is 0 Å². The number of rotatable bonds is 13. The Kier molecular flexibility index (Phi) is 28.9. The van der Waals surface area contributed by atoms with Crippen molar-refractivity contribution in [3.8, 4) is 28.6 Å². The fraction of sp³-hybridized carbons (Fsp3) is 0.165. The zero-order valence-electron chi connectivity index (χ0n) is 62.8.